The first kappa shape index (κ1) is 14.9. The molecule has 104 valence electrons. The molecule has 0 aliphatic heterocycles. The maximum atomic E-state index is 11.8. The van der Waals surface area contributed by atoms with Crippen molar-refractivity contribution in [3.63, 3.8) is 0 Å². The number of carbonyl (C=O) groups is 2. The van der Waals surface area contributed by atoms with Crippen molar-refractivity contribution in [2.75, 3.05) is 19.4 Å². The second-order valence-electron chi connectivity index (χ2n) is 4.61. The molecule has 6 heteroatoms. The molecule has 0 aliphatic carbocycles. The summed E-state index contributed by atoms with van der Waals surface area (Å²) in [6.45, 7) is 1.90. The average Bonchev–Trinajstić information content (AvgIpc) is 2.35. The molecule has 0 aromatic carbocycles. The van der Waals surface area contributed by atoms with Crippen LogP contribution in [-0.2, 0) is 4.79 Å². The number of pyridine rings is 1. The number of aromatic nitrogens is 1. The summed E-state index contributed by atoms with van der Waals surface area (Å²) in [6, 6.07) is 3.43. The lowest BCUT2D eigenvalue weighted by atomic mass is 10.1. The van der Waals surface area contributed by atoms with Gasteiger partial charge in [0.05, 0.1) is 0 Å². The Morgan fingerprint density at radius 3 is 2.74 bits per heavy atom. The van der Waals surface area contributed by atoms with E-state index in [1.807, 2.05) is 6.92 Å². The second-order valence-corrected chi connectivity index (χ2v) is 4.61. The van der Waals surface area contributed by atoms with Gasteiger partial charge in [0.1, 0.15) is 5.69 Å². The van der Waals surface area contributed by atoms with Crippen molar-refractivity contribution in [3.8, 4) is 0 Å². The first-order valence-corrected chi connectivity index (χ1v) is 6.06. The van der Waals surface area contributed by atoms with Crippen molar-refractivity contribution in [1.82, 2.24) is 9.88 Å². The Hall–Kier alpha value is -2.11. The molecule has 0 spiro atoms. The van der Waals surface area contributed by atoms with Crippen LogP contribution in [0.5, 0.6) is 0 Å². The van der Waals surface area contributed by atoms with Crippen molar-refractivity contribution in [2.45, 2.75) is 25.8 Å². The van der Waals surface area contributed by atoms with Gasteiger partial charge in [-0.05, 0) is 25.5 Å². The van der Waals surface area contributed by atoms with Crippen molar-refractivity contribution in [3.05, 3.63) is 24.0 Å². The number of aliphatic carboxylic acids is 1. The van der Waals surface area contributed by atoms with Gasteiger partial charge < -0.3 is 15.3 Å². The van der Waals surface area contributed by atoms with Crippen molar-refractivity contribution < 1.29 is 14.7 Å². The van der Waals surface area contributed by atoms with E-state index in [1.165, 1.54) is 4.90 Å². The minimum atomic E-state index is -0.813. The molecule has 0 saturated heterocycles. The number of hydrogen-bond acceptors (Lipinski definition) is 4. The molecule has 1 heterocycles. The van der Waals surface area contributed by atoms with Crippen LogP contribution in [0.3, 0.4) is 0 Å². The normalized spacial score (nSPS) is 11.7. The molecule has 2 N–H and O–H groups in total. The van der Waals surface area contributed by atoms with Crippen molar-refractivity contribution in [2.24, 2.45) is 0 Å². The van der Waals surface area contributed by atoms with Crippen LogP contribution < -0.4 is 5.32 Å². The van der Waals surface area contributed by atoms with Gasteiger partial charge >= 0.3 is 5.97 Å². The van der Waals surface area contributed by atoms with Gasteiger partial charge in [-0.3, -0.25) is 14.6 Å². The van der Waals surface area contributed by atoms with E-state index in [4.69, 9.17) is 5.11 Å². The van der Waals surface area contributed by atoms with Crippen LogP contribution in [0.2, 0.25) is 0 Å². The zero-order valence-corrected chi connectivity index (χ0v) is 11.4. The van der Waals surface area contributed by atoms with Crippen LogP contribution in [-0.4, -0.2) is 47.0 Å². The monoisotopic (exact) mass is 265 g/mol. The summed E-state index contributed by atoms with van der Waals surface area (Å²) >= 11 is 0. The summed E-state index contributed by atoms with van der Waals surface area (Å²) in [4.78, 5) is 27.7. The summed E-state index contributed by atoms with van der Waals surface area (Å²) in [5.74, 6) is -0.978. The lowest BCUT2D eigenvalue weighted by Gasteiger charge is -2.15. The van der Waals surface area contributed by atoms with Gasteiger partial charge in [0.15, 0.2) is 0 Å². The standard InChI is InChI=1S/C13H19N3O3/c1-9(4-5-12(17)18)15-10-6-7-14-11(8-10)13(19)16(2)3/h6-9H,4-5H2,1-3H3,(H,14,15)(H,17,18). The second kappa shape index (κ2) is 6.72. The van der Waals surface area contributed by atoms with Gasteiger partial charge in [-0.2, -0.15) is 0 Å². The molecule has 1 unspecified atom stereocenters. The fourth-order valence-electron chi connectivity index (χ4n) is 1.56. The Balaban J connectivity index is 2.66. The quantitative estimate of drug-likeness (QED) is 0.813. The van der Waals surface area contributed by atoms with Gasteiger partial charge in [-0.15, -0.1) is 0 Å². The number of carboxylic acids is 1. The molecule has 1 atom stereocenters. The minimum Gasteiger partial charge on any atom is -0.481 e. The molecule has 1 aromatic rings. The number of carboxylic acid groups (broad SMARTS) is 1. The predicted octanol–water partition coefficient (Wildman–Crippen LogP) is 1.45. The molecule has 6 nitrogen and oxygen atoms in total. The number of hydrogen-bond donors (Lipinski definition) is 2. The van der Waals surface area contributed by atoms with E-state index >= 15 is 0 Å². The summed E-state index contributed by atoms with van der Waals surface area (Å²) in [7, 11) is 3.33. The van der Waals surface area contributed by atoms with Crippen LogP contribution in [0, 0.1) is 0 Å². The molecule has 1 rings (SSSR count). The van der Waals surface area contributed by atoms with Crippen LogP contribution >= 0.6 is 0 Å². The third kappa shape index (κ3) is 4.95. The summed E-state index contributed by atoms with van der Waals surface area (Å²) in [5.41, 5.74) is 1.12. The van der Waals surface area contributed by atoms with E-state index in [0.29, 0.717) is 12.1 Å². The zero-order valence-electron chi connectivity index (χ0n) is 11.4. The van der Waals surface area contributed by atoms with E-state index < -0.39 is 5.97 Å². The number of rotatable bonds is 6. The van der Waals surface area contributed by atoms with E-state index in [-0.39, 0.29) is 18.4 Å². The molecule has 0 bridgehead atoms. The third-order valence-corrected chi connectivity index (χ3v) is 2.59. The largest absolute Gasteiger partial charge is 0.481 e. The third-order valence-electron chi connectivity index (χ3n) is 2.59. The highest BCUT2D eigenvalue weighted by atomic mass is 16.4. The molecule has 1 amide bonds. The van der Waals surface area contributed by atoms with Crippen LogP contribution in [0.15, 0.2) is 18.3 Å². The average molecular weight is 265 g/mol. The fraction of sp³-hybridized carbons (Fsp3) is 0.462. The van der Waals surface area contributed by atoms with Crippen molar-refractivity contribution >= 4 is 17.6 Å². The van der Waals surface area contributed by atoms with Gasteiger partial charge in [0.2, 0.25) is 0 Å². The molecule has 0 radical (unpaired) electrons. The summed E-state index contributed by atoms with van der Waals surface area (Å²) in [6.07, 6.45) is 2.19. The molecule has 1 aromatic heterocycles. The first-order chi connectivity index (χ1) is 8.90. The van der Waals surface area contributed by atoms with Gasteiger partial charge in [-0.1, -0.05) is 0 Å². The molecule has 19 heavy (non-hydrogen) atoms. The van der Waals surface area contributed by atoms with Gasteiger partial charge in [0, 0.05) is 38.4 Å². The van der Waals surface area contributed by atoms with Crippen molar-refractivity contribution in [1.29, 1.82) is 0 Å². The lowest BCUT2D eigenvalue weighted by molar-refractivity contribution is -0.137. The molecule has 0 aliphatic rings. The van der Waals surface area contributed by atoms with Gasteiger partial charge in [-0.25, -0.2) is 0 Å². The van der Waals surface area contributed by atoms with E-state index in [9.17, 15) is 9.59 Å². The number of carbonyl (C=O) groups excluding carboxylic acids is 1. The number of anilines is 1. The Morgan fingerprint density at radius 1 is 1.47 bits per heavy atom. The molecular weight excluding hydrogens is 246 g/mol. The highest BCUT2D eigenvalue weighted by Gasteiger charge is 2.11. The zero-order chi connectivity index (χ0) is 14.4. The lowest BCUT2D eigenvalue weighted by Crippen LogP contribution is -2.23. The molecular formula is C13H19N3O3. The van der Waals surface area contributed by atoms with Gasteiger partial charge in [0.25, 0.3) is 5.91 Å². The van der Waals surface area contributed by atoms with E-state index in [1.54, 1.807) is 32.4 Å². The summed E-state index contributed by atoms with van der Waals surface area (Å²) < 4.78 is 0. The fourth-order valence-corrected chi connectivity index (χ4v) is 1.56. The SMILES string of the molecule is CC(CCC(=O)O)Nc1ccnc(C(=O)N(C)C)c1. The molecule has 0 saturated carbocycles. The number of nitrogens with zero attached hydrogens (tertiary/aromatic N) is 2. The maximum Gasteiger partial charge on any atom is 0.303 e. The Labute approximate surface area is 112 Å². The molecule has 0 fully saturated rings. The summed E-state index contributed by atoms with van der Waals surface area (Å²) in [5, 5.41) is 11.8. The maximum absolute atomic E-state index is 11.8. The Kier molecular flexibility index (Phi) is 5.29. The first-order valence-electron chi connectivity index (χ1n) is 6.06. The minimum absolute atomic E-state index is 0.0146. The number of amides is 1. The van der Waals surface area contributed by atoms with Crippen LogP contribution in [0.25, 0.3) is 0 Å². The van der Waals surface area contributed by atoms with E-state index in [0.717, 1.165) is 5.69 Å². The van der Waals surface area contributed by atoms with Crippen LogP contribution in [0.1, 0.15) is 30.3 Å². The Bertz CT molecular complexity index is 460. The highest BCUT2D eigenvalue weighted by molar-refractivity contribution is 5.92. The Morgan fingerprint density at radius 2 is 2.16 bits per heavy atom. The van der Waals surface area contributed by atoms with Crippen LogP contribution in [0.4, 0.5) is 5.69 Å². The number of nitrogens with one attached hydrogen (secondary N) is 1. The predicted molar refractivity (Wildman–Crippen MR) is 72.2 cm³/mol. The highest BCUT2D eigenvalue weighted by Crippen LogP contribution is 2.12. The van der Waals surface area contributed by atoms with E-state index in [2.05, 4.69) is 10.3 Å². The smallest absolute Gasteiger partial charge is 0.303 e. The topological polar surface area (TPSA) is 82.5 Å².